The van der Waals surface area contributed by atoms with E-state index in [0.717, 1.165) is 17.5 Å². The first-order valence-corrected chi connectivity index (χ1v) is 9.37. The average molecular weight is 379 g/mol. The van der Waals surface area contributed by atoms with Crippen LogP contribution in [0.5, 0.6) is 0 Å². The number of benzene rings is 1. The van der Waals surface area contributed by atoms with Crippen molar-refractivity contribution in [2.24, 2.45) is 16.6 Å². The molecule has 0 aliphatic carbocycles. The highest BCUT2D eigenvalue weighted by molar-refractivity contribution is 8.13. The van der Waals surface area contributed by atoms with E-state index in [1.807, 2.05) is 13.8 Å². The third-order valence-electron chi connectivity index (χ3n) is 5.14. The highest BCUT2D eigenvalue weighted by atomic mass is 32.2. The van der Waals surface area contributed by atoms with Crippen LogP contribution in [0.2, 0.25) is 0 Å². The van der Waals surface area contributed by atoms with Crippen LogP contribution < -0.4 is 5.73 Å². The molecule has 0 radical (unpaired) electrons. The molecule has 26 heavy (non-hydrogen) atoms. The van der Waals surface area contributed by atoms with Crippen LogP contribution in [0.1, 0.15) is 35.4 Å². The molecule has 2 aromatic rings. The second-order valence-electron chi connectivity index (χ2n) is 6.74. The molecule has 0 spiro atoms. The zero-order valence-corrected chi connectivity index (χ0v) is 15.3. The lowest BCUT2D eigenvalue weighted by atomic mass is 9.75. The van der Waals surface area contributed by atoms with Crippen LogP contribution in [0.4, 0.5) is 8.78 Å². The number of hydrogen-bond acceptors (Lipinski definition) is 6. The van der Waals surface area contributed by atoms with Gasteiger partial charge in [-0.1, -0.05) is 17.8 Å². The SMILES string of the molecule is Cc1nc([C@H]2CC3CSC(N)=N[C@@]3(c3ccc(F)cc3F)CO2)oc1C. The highest BCUT2D eigenvalue weighted by Gasteiger charge is 2.50. The highest BCUT2D eigenvalue weighted by Crippen LogP contribution is 2.49. The number of rotatable bonds is 2. The van der Waals surface area contributed by atoms with Crippen molar-refractivity contribution >= 4 is 16.9 Å². The Morgan fingerprint density at radius 2 is 2.12 bits per heavy atom. The maximum absolute atomic E-state index is 14.6. The predicted octanol–water partition coefficient (Wildman–Crippen LogP) is 3.60. The number of nitrogens with zero attached hydrogens (tertiary/aromatic N) is 2. The van der Waals surface area contributed by atoms with E-state index in [0.29, 0.717) is 28.8 Å². The van der Waals surface area contributed by atoms with Gasteiger partial charge in [0.1, 0.15) is 29.0 Å². The Hall–Kier alpha value is -1.93. The second kappa shape index (κ2) is 6.35. The number of halogens is 2. The van der Waals surface area contributed by atoms with Gasteiger partial charge in [0.25, 0.3) is 0 Å². The molecule has 4 rings (SSSR count). The van der Waals surface area contributed by atoms with E-state index in [1.165, 1.54) is 23.9 Å². The van der Waals surface area contributed by atoms with Gasteiger partial charge < -0.3 is 14.9 Å². The molecular weight excluding hydrogens is 360 g/mol. The van der Waals surface area contributed by atoms with E-state index in [2.05, 4.69) is 9.98 Å². The number of amidine groups is 1. The van der Waals surface area contributed by atoms with Crippen LogP contribution in [-0.4, -0.2) is 22.5 Å². The zero-order chi connectivity index (χ0) is 18.5. The number of aryl methyl sites for hydroxylation is 2. The third kappa shape index (κ3) is 2.81. The lowest BCUT2D eigenvalue weighted by molar-refractivity contribution is -0.0699. The van der Waals surface area contributed by atoms with Crippen molar-refractivity contribution in [1.82, 2.24) is 4.98 Å². The minimum atomic E-state index is -0.958. The van der Waals surface area contributed by atoms with Crippen molar-refractivity contribution in [2.45, 2.75) is 31.9 Å². The minimum Gasteiger partial charge on any atom is -0.443 e. The third-order valence-corrected chi connectivity index (χ3v) is 6.09. The number of nitrogens with two attached hydrogens (primary N) is 1. The van der Waals surface area contributed by atoms with Gasteiger partial charge in [0, 0.05) is 23.3 Å². The fourth-order valence-electron chi connectivity index (χ4n) is 3.62. The van der Waals surface area contributed by atoms with Gasteiger partial charge in [0.05, 0.1) is 12.3 Å². The molecule has 1 unspecified atom stereocenters. The number of oxazole rings is 1. The summed E-state index contributed by atoms with van der Waals surface area (Å²) in [4.78, 5) is 8.99. The van der Waals surface area contributed by atoms with Gasteiger partial charge in [-0.25, -0.2) is 18.8 Å². The summed E-state index contributed by atoms with van der Waals surface area (Å²) in [5.74, 6) is 0.659. The summed E-state index contributed by atoms with van der Waals surface area (Å²) in [6, 6.07) is 3.56. The molecule has 1 fully saturated rings. The molecule has 138 valence electrons. The summed E-state index contributed by atoms with van der Waals surface area (Å²) in [7, 11) is 0. The lowest BCUT2D eigenvalue weighted by Gasteiger charge is -2.45. The predicted molar refractivity (Wildman–Crippen MR) is 94.9 cm³/mol. The maximum atomic E-state index is 14.6. The number of aromatic nitrogens is 1. The number of thioether (sulfide) groups is 1. The molecule has 0 amide bonds. The van der Waals surface area contributed by atoms with E-state index >= 15 is 0 Å². The molecular formula is C18H19F2N3O2S. The number of hydrogen-bond donors (Lipinski definition) is 1. The summed E-state index contributed by atoms with van der Waals surface area (Å²) >= 11 is 1.44. The normalized spacial score (nSPS) is 28.5. The minimum absolute atomic E-state index is 0.0361. The molecule has 0 bridgehead atoms. The first-order chi connectivity index (χ1) is 12.4. The Bertz CT molecular complexity index is 866. The first-order valence-electron chi connectivity index (χ1n) is 8.38. The van der Waals surface area contributed by atoms with Gasteiger partial charge in [-0.3, -0.25) is 0 Å². The number of ether oxygens (including phenoxy) is 1. The van der Waals surface area contributed by atoms with Gasteiger partial charge in [-0.05, 0) is 26.3 Å². The monoisotopic (exact) mass is 379 g/mol. The van der Waals surface area contributed by atoms with Crippen LogP contribution >= 0.6 is 11.8 Å². The van der Waals surface area contributed by atoms with Crippen molar-refractivity contribution in [1.29, 1.82) is 0 Å². The summed E-state index contributed by atoms with van der Waals surface area (Å²) in [6.45, 7) is 3.87. The fourth-order valence-corrected chi connectivity index (χ4v) is 4.63. The van der Waals surface area contributed by atoms with E-state index in [4.69, 9.17) is 14.9 Å². The topological polar surface area (TPSA) is 73.6 Å². The summed E-state index contributed by atoms with van der Waals surface area (Å²) in [5, 5.41) is 0.384. The van der Waals surface area contributed by atoms with Gasteiger partial charge in [-0.15, -0.1) is 0 Å². The van der Waals surface area contributed by atoms with Crippen LogP contribution in [-0.2, 0) is 10.3 Å². The van der Waals surface area contributed by atoms with E-state index in [1.54, 1.807) is 0 Å². The zero-order valence-electron chi connectivity index (χ0n) is 14.5. The molecule has 2 aliphatic rings. The van der Waals surface area contributed by atoms with Crippen molar-refractivity contribution < 1.29 is 17.9 Å². The fraction of sp³-hybridized carbons (Fsp3) is 0.444. The molecule has 3 heterocycles. The molecule has 1 saturated heterocycles. The quantitative estimate of drug-likeness (QED) is 0.863. The Morgan fingerprint density at radius 1 is 1.31 bits per heavy atom. The van der Waals surface area contributed by atoms with E-state index in [-0.39, 0.29) is 18.6 Å². The summed E-state index contributed by atoms with van der Waals surface area (Å²) in [5.41, 5.74) is 6.12. The molecule has 0 saturated carbocycles. The van der Waals surface area contributed by atoms with Crippen LogP contribution in [0, 0.1) is 31.4 Å². The molecule has 3 atom stereocenters. The van der Waals surface area contributed by atoms with E-state index in [9.17, 15) is 8.78 Å². The van der Waals surface area contributed by atoms with Gasteiger partial charge >= 0.3 is 0 Å². The Kier molecular flexibility index (Phi) is 4.27. The Morgan fingerprint density at radius 3 is 2.81 bits per heavy atom. The molecule has 8 heteroatoms. The van der Waals surface area contributed by atoms with Gasteiger partial charge in [0.15, 0.2) is 5.17 Å². The molecule has 2 N–H and O–H groups in total. The smallest absolute Gasteiger partial charge is 0.223 e. The number of aliphatic imine (C=N–C) groups is 1. The molecule has 1 aromatic carbocycles. The van der Waals surface area contributed by atoms with Crippen LogP contribution in [0.25, 0.3) is 0 Å². The Labute approximate surface area is 154 Å². The van der Waals surface area contributed by atoms with Crippen LogP contribution in [0.3, 0.4) is 0 Å². The van der Waals surface area contributed by atoms with Gasteiger partial charge in [-0.2, -0.15) is 0 Å². The number of fused-ring (bicyclic) bond motifs is 1. The summed E-state index contributed by atoms with van der Waals surface area (Å²) < 4.78 is 39.7. The Balaban J connectivity index is 1.72. The largest absolute Gasteiger partial charge is 0.443 e. The molecule has 2 aliphatic heterocycles. The molecule has 1 aromatic heterocycles. The van der Waals surface area contributed by atoms with Crippen LogP contribution in [0.15, 0.2) is 27.6 Å². The van der Waals surface area contributed by atoms with Crippen molar-refractivity contribution in [3.63, 3.8) is 0 Å². The van der Waals surface area contributed by atoms with Crippen molar-refractivity contribution in [2.75, 3.05) is 12.4 Å². The van der Waals surface area contributed by atoms with E-state index < -0.39 is 17.2 Å². The van der Waals surface area contributed by atoms with Crippen molar-refractivity contribution in [3.8, 4) is 0 Å². The standard InChI is InChI=1S/C18H19F2N3O2S/c1-9-10(2)25-16(22-9)15-5-11-7-26-17(21)23-18(11,8-24-15)13-4-3-12(19)6-14(13)20/h3-4,6,11,15H,5,7-8H2,1-2H3,(H2,21,23)/t11?,15-,18+/m1/s1. The van der Waals surface area contributed by atoms with Crippen molar-refractivity contribution in [3.05, 3.63) is 52.7 Å². The maximum Gasteiger partial charge on any atom is 0.223 e. The summed E-state index contributed by atoms with van der Waals surface area (Å²) in [6.07, 6.45) is 0.249. The lowest BCUT2D eigenvalue weighted by Crippen LogP contribution is -2.48. The average Bonchev–Trinajstić information content (AvgIpc) is 2.93. The second-order valence-corrected chi connectivity index (χ2v) is 7.78. The molecule has 5 nitrogen and oxygen atoms in total. The van der Waals surface area contributed by atoms with Gasteiger partial charge in [0.2, 0.25) is 5.89 Å². The first kappa shape index (κ1) is 17.5.